The molecule has 2 aromatic carbocycles. The van der Waals surface area contributed by atoms with Gasteiger partial charge in [0, 0.05) is 25.8 Å². The van der Waals surface area contributed by atoms with E-state index in [0.717, 1.165) is 69.9 Å². The summed E-state index contributed by atoms with van der Waals surface area (Å²) < 4.78 is 6.00. The molecule has 1 amide bonds. The van der Waals surface area contributed by atoms with Crippen molar-refractivity contribution in [3.8, 4) is 17.2 Å². The number of aromatic nitrogens is 1. The van der Waals surface area contributed by atoms with Crippen LogP contribution in [-0.4, -0.2) is 52.0 Å². The number of carbonyl (C=O) groups is 1. The molecule has 2 saturated heterocycles. The Kier molecular flexibility index (Phi) is 6.50. The van der Waals surface area contributed by atoms with Crippen LogP contribution in [0.5, 0.6) is 17.2 Å². The zero-order chi connectivity index (χ0) is 23.4. The van der Waals surface area contributed by atoms with E-state index in [4.69, 9.17) is 4.74 Å². The Bertz CT molecular complexity index is 1120. The van der Waals surface area contributed by atoms with Gasteiger partial charge < -0.3 is 14.7 Å². The number of hydrogen-bond acceptors (Lipinski definition) is 5. The molecule has 2 aliphatic rings. The van der Waals surface area contributed by atoms with Gasteiger partial charge in [-0.05, 0) is 80.1 Å². The molecule has 5 rings (SSSR count). The molecule has 3 aromatic rings. The van der Waals surface area contributed by atoms with Crippen LogP contribution in [0.25, 0.3) is 0 Å². The van der Waals surface area contributed by atoms with Gasteiger partial charge in [0.1, 0.15) is 17.2 Å². The van der Waals surface area contributed by atoms with Crippen molar-refractivity contribution >= 4 is 5.91 Å². The lowest BCUT2D eigenvalue weighted by atomic mass is 9.71. The molecular formula is C28H31N3O3. The minimum atomic E-state index is -0.0928. The molecule has 0 unspecified atom stereocenters. The Hall–Kier alpha value is -3.38. The second kappa shape index (κ2) is 9.85. The molecule has 34 heavy (non-hydrogen) atoms. The molecular weight excluding hydrogens is 426 g/mol. The summed E-state index contributed by atoms with van der Waals surface area (Å²) in [4.78, 5) is 21.1. The minimum Gasteiger partial charge on any atom is -0.505 e. The number of carbonyl (C=O) groups excluding carboxylic acids is 1. The SMILES string of the molecule is O=C(c1ccncc1O)N1CCC2(CCN(Cc3cccc(Oc4ccccc4)c3)CC2)CC1. The second-order valence-corrected chi connectivity index (χ2v) is 9.52. The number of likely N-dealkylation sites (tertiary alicyclic amines) is 2. The third-order valence-electron chi connectivity index (χ3n) is 7.34. The Labute approximate surface area is 200 Å². The molecule has 0 atom stereocenters. The van der Waals surface area contributed by atoms with Crippen LogP contribution in [0.4, 0.5) is 0 Å². The van der Waals surface area contributed by atoms with Crippen molar-refractivity contribution in [1.29, 1.82) is 0 Å². The van der Waals surface area contributed by atoms with E-state index in [2.05, 4.69) is 28.1 Å². The molecule has 1 aromatic heterocycles. The molecule has 6 heteroatoms. The van der Waals surface area contributed by atoms with Crippen LogP contribution in [0, 0.1) is 5.41 Å². The molecule has 0 bridgehead atoms. The average Bonchev–Trinajstić information content (AvgIpc) is 2.87. The summed E-state index contributed by atoms with van der Waals surface area (Å²) in [6.45, 7) is 4.57. The van der Waals surface area contributed by atoms with Crippen molar-refractivity contribution in [2.75, 3.05) is 26.2 Å². The van der Waals surface area contributed by atoms with Crippen molar-refractivity contribution in [2.45, 2.75) is 32.2 Å². The number of benzene rings is 2. The fraction of sp³-hybridized carbons (Fsp3) is 0.357. The molecule has 2 aliphatic heterocycles. The fourth-order valence-electron chi connectivity index (χ4n) is 5.20. The number of ether oxygens (including phenoxy) is 1. The van der Waals surface area contributed by atoms with Crippen LogP contribution in [-0.2, 0) is 6.54 Å². The van der Waals surface area contributed by atoms with Gasteiger partial charge in [0.05, 0.1) is 11.8 Å². The molecule has 176 valence electrons. The summed E-state index contributed by atoms with van der Waals surface area (Å²) in [7, 11) is 0. The van der Waals surface area contributed by atoms with E-state index in [-0.39, 0.29) is 11.7 Å². The number of pyridine rings is 1. The van der Waals surface area contributed by atoms with Gasteiger partial charge in [0.15, 0.2) is 0 Å². The fourth-order valence-corrected chi connectivity index (χ4v) is 5.20. The van der Waals surface area contributed by atoms with Crippen LogP contribution in [0.1, 0.15) is 41.6 Å². The van der Waals surface area contributed by atoms with E-state index in [1.165, 1.54) is 11.8 Å². The summed E-state index contributed by atoms with van der Waals surface area (Å²) in [5, 5.41) is 9.97. The highest BCUT2D eigenvalue weighted by molar-refractivity contribution is 5.96. The molecule has 1 spiro atoms. The maximum atomic E-state index is 12.8. The smallest absolute Gasteiger partial charge is 0.257 e. The lowest BCUT2D eigenvalue weighted by Gasteiger charge is -2.47. The van der Waals surface area contributed by atoms with Crippen molar-refractivity contribution in [2.24, 2.45) is 5.41 Å². The quantitative estimate of drug-likeness (QED) is 0.578. The first kappa shape index (κ1) is 22.4. The van der Waals surface area contributed by atoms with E-state index >= 15 is 0 Å². The summed E-state index contributed by atoms with van der Waals surface area (Å²) >= 11 is 0. The van der Waals surface area contributed by atoms with Gasteiger partial charge in [-0.25, -0.2) is 0 Å². The minimum absolute atomic E-state index is 0.0423. The highest BCUT2D eigenvalue weighted by atomic mass is 16.5. The van der Waals surface area contributed by atoms with E-state index in [1.54, 1.807) is 12.3 Å². The maximum Gasteiger partial charge on any atom is 0.257 e. The maximum absolute atomic E-state index is 12.8. The Morgan fingerprint density at radius 3 is 2.35 bits per heavy atom. The van der Waals surface area contributed by atoms with E-state index in [0.29, 0.717) is 11.0 Å². The Morgan fingerprint density at radius 2 is 1.62 bits per heavy atom. The molecule has 0 aliphatic carbocycles. The highest BCUT2D eigenvalue weighted by Crippen LogP contribution is 2.42. The number of amides is 1. The molecule has 2 fully saturated rings. The van der Waals surface area contributed by atoms with Crippen molar-refractivity contribution in [3.05, 3.63) is 84.2 Å². The summed E-state index contributed by atoms with van der Waals surface area (Å²) in [6, 6.07) is 19.8. The van der Waals surface area contributed by atoms with E-state index in [9.17, 15) is 9.90 Å². The number of rotatable bonds is 5. The largest absolute Gasteiger partial charge is 0.505 e. The van der Waals surface area contributed by atoms with Gasteiger partial charge in [-0.2, -0.15) is 0 Å². The first-order valence-corrected chi connectivity index (χ1v) is 12.1. The summed E-state index contributed by atoms with van der Waals surface area (Å²) in [5.74, 6) is 1.59. The van der Waals surface area contributed by atoms with E-state index < -0.39 is 0 Å². The van der Waals surface area contributed by atoms with Gasteiger partial charge in [-0.3, -0.25) is 14.7 Å². The molecule has 0 radical (unpaired) electrons. The number of piperidine rings is 2. The lowest BCUT2D eigenvalue weighted by Crippen LogP contribution is -2.48. The third-order valence-corrected chi connectivity index (χ3v) is 7.34. The number of nitrogens with zero attached hydrogens (tertiary/aromatic N) is 3. The number of hydrogen-bond donors (Lipinski definition) is 1. The van der Waals surface area contributed by atoms with Crippen LogP contribution >= 0.6 is 0 Å². The molecule has 6 nitrogen and oxygen atoms in total. The van der Waals surface area contributed by atoms with Crippen molar-refractivity contribution in [1.82, 2.24) is 14.8 Å². The van der Waals surface area contributed by atoms with Gasteiger partial charge in [-0.1, -0.05) is 30.3 Å². The van der Waals surface area contributed by atoms with Crippen molar-refractivity contribution in [3.63, 3.8) is 0 Å². The average molecular weight is 458 g/mol. The first-order valence-electron chi connectivity index (χ1n) is 12.1. The lowest BCUT2D eigenvalue weighted by molar-refractivity contribution is 0.0283. The summed E-state index contributed by atoms with van der Waals surface area (Å²) in [5.41, 5.74) is 1.94. The zero-order valence-electron chi connectivity index (χ0n) is 19.4. The third kappa shape index (κ3) is 5.07. The topological polar surface area (TPSA) is 65.9 Å². The standard InChI is InChI=1S/C28H31N3O3/c32-26-20-29-14-9-25(26)27(33)31-17-12-28(13-18-31)10-15-30(16-11-28)21-22-5-4-8-24(19-22)34-23-6-2-1-3-7-23/h1-9,14,19-20,32H,10-13,15-18,21H2. The summed E-state index contributed by atoms with van der Waals surface area (Å²) in [6.07, 6.45) is 7.26. The Morgan fingerprint density at radius 1 is 0.912 bits per heavy atom. The normalized spacial score (nSPS) is 18.1. The number of para-hydroxylation sites is 1. The molecule has 3 heterocycles. The predicted molar refractivity (Wildman–Crippen MR) is 131 cm³/mol. The molecule has 1 N–H and O–H groups in total. The van der Waals surface area contributed by atoms with Gasteiger partial charge in [-0.15, -0.1) is 0 Å². The van der Waals surface area contributed by atoms with Crippen LogP contribution in [0.2, 0.25) is 0 Å². The van der Waals surface area contributed by atoms with Gasteiger partial charge >= 0.3 is 0 Å². The van der Waals surface area contributed by atoms with Crippen LogP contribution in [0.15, 0.2) is 73.1 Å². The predicted octanol–water partition coefficient (Wildman–Crippen LogP) is 5.10. The first-order chi connectivity index (χ1) is 16.6. The van der Waals surface area contributed by atoms with Crippen LogP contribution < -0.4 is 4.74 Å². The van der Waals surface area contributed by atoms with Gasteiger partial charge in [0.2, 0.25) is 0 Å². The van der Waals surface area contributed by atoms with Gasteiger partial charge in [0.25, 0.3) is 5.91 Å². The molecule has 0 saturated carbocycles. The zero-order valence-corrected chi connectivity index (χ0v) is 19.4. The van der Waals surface area contributed by atoms with Crippen LogP contribution in [0.3, 0.4) is 0 Å². The Balaban J connectivity index is 1.13. The second-order valence-electron chi connectivity index (χ2n) is 9.52. The van der Waals surface area contributed by atoms with E-state index in [1.807, 2.05) is 41.3 Å². The monoisotopic (exact) mass is 457 g/mol. The highest BCUT2D eigenvalue weighted by Gasteiger charge is 2.38. The van der Waals surface area contributed by atoms with Crippen molar-refractivity contribution < 1.29 is 14.6 Å². The number of aromatic hydroxyl groups is 1.